The number of methoxy groups -OCH3 is 1. The molecular formula is C18H22N2O4S. The van der Waals surface area contributed by atoms with Gasteiger partial charge in [0.05, 0.1) is 13.7 Å². The molecule has 25 heavy (non-hydrogen) atoms. The molecule has 2 aromatic rings. The van der Waals surface area contributed by atoms with Crippen molar-refractivity contribution < 1.29 is 17.9 Å². The first-order chi connectivity index (χ1) is 11.8. The molecule has 0 bridgehead atoms. The molecule has 0 heterocycles. The van der Waals surface area contributed by atoms with Gasteiger partial charge in [-0.3, -0.25) is 4.79 Å². The SMILES string of the molecule is COc1ccc(C)cc1S(=O)(=O)NCC(=O)NCc1ccccc1C. The molecule has 2 N–H and O–H groups in total. The Hall–Kier alpha value is -2.38. The van der Waals surface area contributed by atoms with Crippen LogP contribution in [0.25, 0.3) is 0 Å². The van der Waals surface area contributed by atoms with Crippen molar-refractivity contribution in [1.29, 1.82) is 0 Å². The van der Waals surface area contributed by atoms with E-state index in [4.69, 9.17) is 4.74 Å². The highest BCUT2D eigenvalue weighted by Crippen LogP contribution is 2.24. The number of aryl methyl sites for hydroxylation is 2. The van der Waals surface area contributed by atoms with Gasteiger partial charge in [-0.05, 0) is 42.7 Å². The minimum atomic E-state index is -3.85. The van der Waals surface area contributed by atoms with E-state index in [1.54, 1.807) is 19.1 Å². The monoisotopic (exact) mass is 362 g/mol. The third-order valence-corrected chi connectivity index (χ3v) is 5.19. The molecule has 0 saturated heterocycles. The highest BCUT2D eigenvalue weighted by Gasteiger charge is 2.20. The molecule has 7 heteroatoms. The van der Waals surface area contributed by atoms with Gasteiger partial charge in [-0.15, -0.1) is 0 Å². The molecule has 0 fully saturated rings. The fourth-order valence-corrected chi connectivity index (χ4v) is 3.53. The van der Waals surface area contributed by atoms with Crippen LogP contribution in [0, 0.1) is 13.8 Å². The number of nitrogens with one attached hydrogen (secondary N) is 2. The van der Waals surface area contributed by atoms with Crippen LogP contribution in [-0.4, -0.2) is 28.0 Å². The second kappa shape index (κ2) is 8.13. The Morgan fingerprint density at radius 2 is 1.84 bits per heavy atom. The maximum atomic E-state index is 12.4. The molecule has 2 rings (SSSR count). The summed E-state index contributed by atoms with van der Waals surface area (Å²) in [6, 6.07) is 12.5. The first kappa shape index (κ1) is 19.0. The summed E-state index contributed by atoms with van der Waals surface area (Å²) in [4.78, 5) is 12.0. The van der Waals surface area contributed by atoms with Crippen molar-refractivity contribution in [2.24, 2.45) is 0 Å². The van der Waals surface area contributed by atoms with Gasteiger partial charge in [0, 0.05) is 6.54 Å². The fraction of sp³-hybridized carbons (Fsp3) is 0.278. The molecule has 0 unspecified atom stereocenters. The zero-order chi connectivity index (χ0) is 18.4. The van der Waals surface area contributed by atoms with Crippen LogP contribution in [0.5, 0.6) is 5.75 Å². The summed E-state index contributed by atoms with van der Waals surface area (Å²) < 4.78 is 32.3. The van der Waals surface area contributed by atoms with Gasteiger partial charge in [0.15, 0.2) is 0 Å². The number of benzene rings is 2. The van der Waals surface area contributed by atoms with E-state index in [0.717, 1.165) is 16.7 Å². The van der Waals surface area contributed by atoms with Crippen LogP contribution < -0.4 is 14.8 Å². The van der Waals surface area contributed by atoms with E-state index in [0.29, 0.717) is 6.54 Å². The molecule has 1 amide bonds. The third-order valence-electron chi connectivity index (χ3n) is 3.77. The highest BCUT2D eigenvalue weighted by molar-refractivity contribution is 7.89. The van der Waals surface area contributed by atoms with Crippen molar-refractivity contribution in [3.05, 3.63) is 59.2 Å². The summed E-state index contributed by atoms with van der Waals surface area (Å²) in [7, 11) is -2.45. The van der Waals surface area contributed by atoms with Gasteiger partial charge in [0.25, 0.3) is 0 Å². The van der Waals surface area contributed by atoms with Crippen molar-refractivity contribution in [1.82, 2.24) is 10.0 Å². The van der Waals surface area contributed by atoms with Crippen molar-refractivity contribution in [3.63, 3.8) is 0 Å². The Bertz CT molecular complexity index is 863. The predicted octanol–water partition coefficient (Wildman–Crippen LogP) is 1.91. The molecule has 0 atom stereocenters. The summed E-state index contributed by atoms with van der Waals surface area (Å²) in [6.45, 7) is 3.74. The lowest BCUT2D eigenvalue weighted by molar-refractivity contribution is -0.120. The number of carbonyl (C=O) groups excluding carboxylic acids is 1. The number of hydrogen-bond acceptors (Lipinski definition) is 4. The van der Waals surface area contributed by atoms with Crippen LogP contribution in [0.1, 0.15) is 16.7 Å². The van der Waals surface area contributed by atoms with Crippen LogP contribution in [0.4, 0.5) is 0 Å². The molecule has 0 aliphatic carbocycles. The van der Waals surface area contributed by atoms with Crippen LogP contribution in [0.3, 0.4) is 0 Å². The predicted molar refractivity (Wildman–Crippen MR) is 95.9 cm³/mol. The van der Waals surface area contributed by atoms with E-state index in [9.17, 15) is 13.2 Å². The smallest absolute Gasteiger partial charge is 0.244 e. The van der Waals surface area contributed by atoms with Gasteiger partial charge in [-0.1, -0.05) is 30.3 Å². The van der Waals surface area contributed by atoms with Gasteiger partial charge in [0.2, 0.25) is 15.9 Å². The molecule has 2 aromatic carbocycles. The van der Waals surface area contributed by atoms with Crippen molar-refractivity contribution in [3.8, 4) is 5.75 Å². The van der Waals surface area contributed by atoms with Gasteiger partial charge in [-0.25, -0.2) is 13.1 Å². The minimum absolute atomic E-state index is 0.0155. The van der Waals surface area contributed by atoms with E-state index < -0.39 is 15.9 Å². The largest absolute Gasteiger partial charge is 0.495 e. The number of carbonyl (C=O) groups is 1. The van der Waals surface area contributed by atoms with E-state index in [1.165, 1.54) is 13.2 Å². The molecule has 0 aromatic heterocycles. The number of ether oxygens (including phenoxy) is 1. The quantitative estimate of drug-likeness (QED) is 0.788. The zero-order valence-corrected chi connectivity index (χ0v) is 15.3. The van der Waals surface area contributed by atoms with E-state index in [2.05, 4.69) is 10.0 Å². The Kier molecular flexibility index (Phi) is 6.17. The van der Waals surface area contributed by atoms with Crippen LogP contribution in [0.15, 0.2) is 47.4 Å². The van der Waals surface area contributed by atoms with Gasteiger partial charge in [-0.2, -0.15) is 0 Å². The second-order valence-corrected chi connectivity index (χ2v) is 7.42. The number of rotatable bonds is 7. The number of amides is 1. The van der Waals surface area contributed by atoms with Crippen molar-refractivity contribution in [2.45, 2.75) is 25.3 Å². The van der Waals surface area contributed by atoms with E-state index >= 15 is 0 Å². The van der Waals surface area contributed by atoms with Crippen LogP contribution in [-0.2, 0) is 21.4 Å². The van der Waals surface area contributed by atoms with Crippen molar-refractivity contribution in [2.75, 3.05) is 13.7 Å². The molecular weight excluding hydrogens is 340 g/mol. The molecule has 0 saturated carbocycles. The second-order valence-electron chi connectivity index (χ2n) is 5.68. The topological polar surface area (TPSA) is 84.5 Å². The summed E-state index contributed by atoms with van der Waals surface area (Å²) in [6.07, 6.45) is 0. The van der Waals surface area contributed by atoms with Crippen LogP contribution in [0.2, 0.25) is 0 Å². The van der Waals surface area contributed by atoms with Gasteiger partial charge in [0.1, 0.15) is 10.6 Å². The summed E-state index contributed by atoms with van der Waals surface area (Å²) >= 11 is 0. The Balaban J connectivity index is 1.99. The molecule has 6 nitrogen and oxygen atoms in total. The normalized spacial score (nSPS) is 11.2. The van der Waals surface area contributed by atoms with Gasteiger partial charge >= 0.3 is 0 Å². The zero-order valence-electron chi connectivity index (χ0n) is 14.5. The van der Waals surface area contributed by atoms with Crippen molar-refractivity contribution >= 4 is 15.9 Å². The lowest BCUT2D eigenvalue weighted by Crippen LogP contribution is -2.36. The summed E-state index contributed by atoms with van der Waals surface area (Å²) in [5, 5.41) is 2.71. The molecule has 0 radical (unpaired) electrons. The maximum Gasteiger partial charge on any atom is 0.244 e. The Labute approximate surface area is 148 Å². The Morgan fingerprint density at radius 3 is 2.52 bits per heavy atom. The molecule has 0 aliphatic heterocycles. The minimum Gasteiger partial charge on any atom is -0.495 e. The van der Waals surface area contributed by atoms with E-state index in [-0.39, 0.29) is 17.2 Å². The average molecular weight is 362 g/mol. The lowest BCUT2D eigenvalue weighted by atomic mass is 10.1. The maximum absolute atomic E-state index is 12.4. The van der Waals surface area contributed by atoms with E-state index in [1.807, 2.05) is 31.2 Å². The van der Waals surface area contributed by atoms with Crippen LogP contribution >= 0.6 is 0 Å². The summed E-state index contributed by atoms with van der Waals surface area (Å²) in [5.74, 6) is -0.170. The third kappa shape index (κ3) is 5.04. The average Bonchev–Trinajstić information content (AvgIpc) is 2.59. The Morgan fingerprint density at radius 1 is 1.12 bits per heavy atom. The standard InChI is InChI=1S/C18H22N2O4S/c1-13-8-9-16(24-3)17(10-13)25(22,23)20-12-18(21)19-11-15-7-5-4-6-14(15)2/h4-10,20H,11-12H2,1-3H3,(H,19,21). The highest BCUT2D eigenvalue weighted by atomic mass is 32.2. The van der Waals surface area contributed by atoms with Gasteiger partial charge < -0.3 is 10.1 Å². The first-order valence-corrected chi connectivity index (χ1v) is 9.27. The molecule has 0 spiro atoms. The molecule has 0 aliphatic rings. The summed E-state index contributed by atoms with van der Waals surface area (Å²) in [5.41, 5.74) is 2.83. The first-order valence-electron chi connectivity index (χ1n) is 7.79. The lowest BCUT2D eigenvalue weighted by Gasteiger charge is -2.12. The molecule has 134 valence electrons. The number of sulfonamides is 1. The fourth-order valence-electron chi connectivity index (χ4n) is 2.30. The number of hydrogen-bond donors (Lipinski definition) is 2.